The summed E-state index contributed by atoms with van der Waals surface area (Å²) in [6, 6.07) is 5.56. The molecule has 0 fully saturated rings. The maximum atomic E-state index is 5.70. The number of anilines is 1. The Balaban J connectivity index is 2.86. The van der Waals surface area contributed by atoms with Gasteiger partial charge >= 0.3 is 0 Å². The first-order valence-electron chi connectivity index (χ1n) is 4.38. The quantitative estimate of drug-likeness (QED) is 0.693. The van der Waals surface area contributed by atoms with Gasteiger partial charge in [-0.25, -0.2) is 0 Å². The molecule has 1 rings (SSSR count). The summed E-state index contributed by atoms with van der Waals surface area (Å²) in [5, 5.41) is 0. The van der Waals surface area contributed by atoms with Crippen LogP contribution in [-0.4, -0.2) is 6.10 Å². The second-order valence-corrected chi connectivity index (χ2v) is 3.23. The molecule has 0 unspecified atom stereocenters. The Morgan fingerprint density at radius 1 is 1.38 bits per heavy atom. The molecule has 0 amide bonds. The van der Waals surface area contributed by atoms with Gasteiger partial charge in [-0.05, 0) is 37.6 Å². The molecular formula is C10H16N2O. The van der Waals surface area contributed by atoms with E-state index < -0.39 is 0 Å². The monoisotopic (exact) mass is 180 g/mol. The lowest BCUT2D eigenvalue weighted by Gasteiger charge is -2.11. The fraction of sp³-hybridized carbons (Fsp3) is 0.400. The molecule has 3 heteroatoms. The smallest absolute Gasteiger partial charge is 0.120 e. The van der Waals surface area contributed by atoms with E-state index in [9.17, 15) is 0 Å². The molecule has 3 nitrogen and oxygen atoms in total. The SMILES string of the molecule is CC(C)Oc1ccc(N)c(CN)c1. The normalized spacial score (nSPS) is 10.5. The molecule has 1 aromatic rings. The highest BCUT2D eigenvalue weighted by Gasteiger charge is 2.01. The molecule has 0 atom stereocenters. The van der Waals surface area contributed by atoms with Crippen molar-refractivity contribution in [1.82, 2.24) is 0 Å². The summed E-state index contributed by atoms with van der Waals surface area (Å²) in [4.78, 5) is 0. The van der Waals surface area contributed by atoms with Gasteiger partial charge in [-0.2, -0.15) is 0 Å². The molecule has 0 radical (unpaired) electrons. The van der Waals surface area contributed by atoms with Crippen LogP contribution in [0.4, 0.5) is 5.69 Å². The Kier molecular flexibility index (Phi) is 3.14. The van der Waals surface area contributed by atoms with Gasteiger partial charge in [0.1, 0.15) is 5.75 Å². The van der Waals surface area contributed by atoms with Crippen LogP contribution in [-0.2, 0) is 6.54 Å². The summed E-state index contributed by atoms with van der Waals surface area (Å²) >= 11 is 0. The molecule has 0 saturated carbocycles. The van der Waals surface area contributed by atoms with Crippen molar-refractivity contribution in [2.45, 2.75) is 26.5 Å². The van der Waals surface area contributed by atoms with Crippen LogP contribution in [0, 0.1) is 0 Å². The van der Waals surface area contributed by atoms with Crippen molar-refractivity contribution in [2.24, 2.45) is 5.73 Å². The Labute approximate surface area is 78.7 Å². The number of nitrogen functional groups attached to an aromatic ring is 1. The van der Waals surface area contributed by atoms with Crippen LogP contribution in [0.15, 0.2) is 18.2 Å². The van der Waals surface area contributed by atoms with Gasteiger partial charge in [-0.15, -0.1) is 0 Å². The molecule has 0 spiro atoms. The van der Waals surface area contributed by atoms with Gasteiger partial charge in [0.05, 0.1) is 6.10 Å². The first kappa shape index (κ1) is 9.86. The summed E-state index contributed by atoms with van der Waals surface area (Å²) in [5.41, 5.74) is 12.9. The van der Waals surface area contributed by atoms with Gasteiger partial charge in [0, 0.05) is 12.2 Å². The second kappa shape index (κ2) is 4.14. The molecule has 0 saturated heterocycles. The van der Waals surface area contributed by atoms with Crippen LogP contribution in [0.25, 0.3) is 0 Å². The van der Waals surface area contributed by atoms with E-state index in [-0.39, 0.29) is 6.10 Å². The summed E-state index contributed by atoms with van der Waals surface area (Å²) in [6.45, 7) is 4.41. The van der Waals surface area contributed by atoms with Crippen LogP contribution in [0.2, 0.25) is 0 Å². The predicted octanol–water partition coefficient (Wildman–Crippen LogP) is 1.51. The molecule has 0 aliphatic carbocycles. The van der Waals surface area contributed by atoms with Crippen molar-refractivity contribution in [3.05, 3.63) is 23.8 Å². The van der Waals surface area contributed by atoms with E-state index in [1.807, 2.05) is 32.0 Å². The maximum Gasteiger partial charge on any atom is 0.120 e. The van der Waals surface area contributed by atoms with Crippen LogP contribution in [0.3, 0.4) is 0 Å². The molecule has 0 aliphatic heterocycles. The molecule has 0 bridgehead atoms. The molecule has 13 heavy (non-hydrogen) atoms. The lowest BCUT2D eigenvalue weighted by Crippen LogP contribution is -2.07. The Bertz CT molecular complexity index is 284. The van der Waals surface area contributed by atoms with Crippen molar-refractivity contribution >= 4 is 5.69 Å². The molecular weight excluding hydrogens is 164 g/mol. The Morgan fingerprint density at radius 2 is 2.08 bits per heavy atom. The van der Waals surface area contributed by atoms with E-state index in [2.05, 4.69) is 0 Å². The first-order valence-corrected chi connectivity index (χ1v) is 4.38. The van der Waals surface area contributed by atoms with Crippen LogP contribution in [0.1, 0.15) is 19.4 Å². The number of benzene rings is 1. The third kappa shape index (κ3) is 2.63. The van der Waals surface area contributed by atoms with E-state index in [4.69, 9.17) is 16.2 Å². The lowest BCUT2D eigenvalue weighted by molar-refractivity contribution is 0.242. The molecule has 1 aromatic carbocycles. The zero-order chi connectivity index (χ0) is 9.84. The average molecular weight is 180 g/mol. The van der Waals surface area contributed by atoms with Gasteiger partial charge in [0.15, 0.2) is 0 Å². The van der Waals surface area contributed by atoms with E-state index in [1.165, 1.54) is 0 Å². The molecule has 72 valence electrons. The number of ether oxygens (including phenoxy) is 1. The van der Waals surface area contributed by atoms with Gasteiger partial charge in [0.25, 0.3) is 0 Å². The fourth-order valence-electron chi connectivity index (χ4n) is 1.10. The van der Waals surface area contributed by atoms with Crippen LogP contribution >= 0.6 is 0 Å². The predicted molar refractivity (Wildman–Crippen MR) is 54.5 cm³/mol. The lowest BCUT2D eigenvalue weighted by atomic mass is 10.2. The van der Waals surface area contributed by atoms with Crippen molar-refractivity contribution in [3.63, 3.8) is 0 Å². The van der Waals surface area contributed by atoms with Gasteiger partial charge < -0.3 is 16.2 Å². The van der Waals surface area contributed by atoms with Crippen molar-refractivity contribution < 1.29 is 4.74 Å². The van der Waals surface area contributed by atoms with Crippen molar-refractivity contribution in [2.75, 3.05) is 5.73 Å². The largest absolute Gasteiger partial charge is 0.491 e. The van der Waals surface area contributed by atoms with Crippen molar-refractivity contribution in [1.29, 1.82) is 0 Å². The molecule has 0 aliphatic rings. The second-order valence-electron chi connectivity index (χ2n) is 3.23. The maximum absolute atomic E-state index is 5.70. The summed E-state index contributed by atoms with van der Waals surface area (Å²) in [5.74, 6) is 0.824. The Morgan fingerprint density at radius 3 is 2.62 bits per heavy atom. The average Bonchev–Trinajstić information content (AvgIpc) is 2.07. The first-order chi connectivity index (χ1) is 6.13. The highest BCUT2D eigenvalue weighted by atomic mass is 16.5. The minimum Gasteiger partial charge on any atom is -0.491 e. The van der Waals surface area contributed by atoms with E-state index in [1.54, 1.807) is 0 Å². The standard InChI is InChI=1S/C10H16N2O/c1-7(2)13-9-3-4-10(12)8(5-9)6-11/h3-5,7H,6,11-12H2,1-2H3. The summed E-state index contributed by atoms with van der Waals surface area (Å²) < 4.78 is 5.50. The molecule has 4 N–H and O–H groups in total. The number of hydrogen-bond acceptors (Lipinski definition) is 3. The summed E-state index contributed by atoms with van der Waals surface area (Å²) in [7, 11) is 0. The zero-order valence-electron chi connectivity index (χ0n) is 8.08. The summed E-state index contributed by atoms with van der Waals surface area (Å²) in [6.07, 6.45) is 0.175. The van der Waals surface area contributed by atoms with E-state index in [0.717, 1.165) is 17.0 Å². The minimum absolute atomic E-state index is 0.175. The number of nitrogens with two attached hydrogens (primary N) is 2. The molecule has 0 heterocycles. The Hall–Kier alpha value is -1.22. The minimum atomic E-state index is 0.175. The van der Waals surface area contributed by atoms with E-state index >= 15 is 0 Å². The third-order valence-corrected chi connectivity index (χ3v) is 1.71. The van der Waals surface area contributed by atoms with Gasteiger partial charge in [-0.1, -0.05) is 0 Å². The number of hydrogen-bond donors (Lipinski definition) is 2. The topological polar surface area (TPSA) is 61.3 Å². The third-order valence-electron chi connectivity index (χ3n) is 1.71. The van der Waals surface area contributed by atoms with Crippen LogP contribution in [0.5, 0.6) is 5.75 Å². The zero-order valence-corrected chi connectivity index (χ0v) is 8.08. The number of rotatable bonds is 3. The highest BCUT2D eigenvalue weighted by Crippen LogP contribution is 2.19. The van der Waals surface area contributed by atoms with Crippen LogP contribution < -0.4 is 16.2 Å². The molecule has 0 aromatic heterocycles. The fourth-order valence-corrected chi connectivity index (χ4v) is 1.10. The van der Waals surface area contributed by atoms with Gasteiger partial charge in [0.2, 0.25) is 0 Å². The highest BCUT2D eigenvalue weighted by molar-refractivity contribution is 5.50. The van der Waals surface area contributed by atoms with Gasteiger partial charge in [-0.3, -0.25) is 0 Å². The van der Waals surface area contributed by atoms with Crippen molar-refractivity contribution in [3.8, 4) is 5.75 Å². The van der Waals surface area contributed by atoms with E-state index in [0.29, 0.717) is 6.54 Å².